The van der Waals surface area contributed by atoms with E-state index in [-0.39, 0.29) is 5.75 Å². The van der Waals surface area contributed by atoms with Gasteiger partial charge in [-0.05, 0) is 49.1 Å². The maximum absolute atomic E-state index is 12.4. The van der Waals surface area contributed by atoms with Crippen molar-refractivity contribution in [3.05, 3.63) is 59.7 Å². The quantitative estimate of drug-likeness (QED) is 0.860. The number of carbonyl (C=O) groups excluding carboxylic acids is 1. The SMILES string of the molecule is NC(=O)c1cccc2c1CCCN2CCCS(=O)(=O)c1ccccc1. The summed E-state index contributed by atoms with van der Waals surface area (Å²) >= 11 is 0. The first-order chi connectivity index (χ1) is 12.0. The average molecular weight is 358 g/mol. The molecule has 3 rings (SSSR count). The first-order valence-corrected chi connectivity index (χ1v) is 10.1. The van der Waals surface area contributed by atoms with E-state index in [0.717, 1.165) is 30.6 Å². The van der Waals surface area contributed by atoms with Gasteiger partial charge in [0.1, 0.15) is 0 Å². The van der Waals surface area contributed by atoms with Crippen LogP contribution in [-0.4, -0.2) is 33.2 Å². The third kappa shape index (κ3) is 3.85. The summed E-state index contributed by atoms with van der Waals surface area (Å²) in [6.45, 7) is 1.50. The van der Waals surface area contributed by atoms with E-state index in [4.69, 9.17) is 5.73 Å². The summed E-state index contributed by atoms with van der Waals surface area (Å²) in [7, 11) is -3.26. The van der Waals surface area contributed by atoms with E-state index < -0.39 is 15.7 Å². The molecule has 0 atom stereocenters. The van der Waals surface area contributed by atoms with Crippen LogP contribution in [0.3, 0.4) is 0 Å². The second-order valence-corrected chi connectivity index (χ2v) is 8.35. The van der Waals surface area contributed by atoms with Crippen molar-refractivity contribution in [2.75, 3.05) is 23.7 Å². The van der Waals surface area contributed by atoms with Gasteiger partial charge in [-0.1, -0.05) is 24.3 Å². The Morgan fingerprint density at radius 3 is 2.56 bits per heavy atom. The Hall–Kier alpha value is -2.34. The van der Waals surface area contributed by atoms with Crippen LogP contribution in [0.25, 0.3) is 0 Å². The molecule has 0 saturated heterocycles. The van der Waals surface area contributed by atoms with Gasteiger partial charge in [0.15, 0.2) is 9.84 Å². The number of anilines is 1. The molecule has 1 aliphatic rings. The van der Waals surface area contributed by atoms with Crippen LogP contribution in [0.5, 0.6) is 0 Å². The Morgan fingerprint density at radius 1 is 1.08 bits per heavy atom. The Morgan fingerprint density at radius 2 is 1.84 bits per heavy atom. The van der Waals surface area contributed by atoms with Crippen LogP contribution in [0, 0.1) is 0 Å². The van der Waals surface area contributed by atoms with Crippen LogP contribution in [0.1, 0.15) is 28.8 Å². The zero-order valence-electron chi connectivity index (χ0n) is 14.0. The smallest absolute Gasteiger partial charge is 0.249 e. The van der Waals surface area contributed by atoms with E-state index in [9.17, 15) is 13.2 Å². The minimum absolute atomic E-state index is 0.109. The fourth-order valence-corrected chi connectivity index (χ4v) is 4.67. The number of hydrogen-bond acceptors (Lipinski definition) is 4. The van der Waals surface area contributed by atoms with E-state index in [1.54, 1.807) is 36.4 Å². The molecule has 1 amide bonds. The fourth-order valence-electron chi connectivity index (χ4n) is 3.36. The average Bonchev–Trinajstić information content (AvgIpc) is 2.62. The number of hydrogen-bond donors (Lipinski definition) is 1. The van der Waals surface area contributed by atoms with Crippen molar-refractivity contribution in [1.82, 2.24) is 0 Å². The number of nitrogens with two attached hydrogens (primary N) is 1. The van der Waals surface area contributed by atoms with Crippen molar-refractivity contribution < 1.29 is 13.2 Å². The van der Waals surface area contributed by atoms with Crippen LogP contribution >= 0.6 is 0 Å². The van der Waals surface area contributed by atoms with Crippen LogP contribution in [-0.2, 0) is 16.3 Å². The van der Waals surface area contributed by atoms with Crippen molar-refractivity contribution in [2.45, 2.75) is 24.2 Å². The molecule has 1 aliphatic heterocycles. The van der Waals surface area contributed by atoms with Gasteiger partial charge in [-0.15, -0.1) is 0 Å². The molecule has 0 aliphatic carbocycles. The molecule has 1 heterocycles. The van der Waals surface area contributed by atoms with Crippen molar-refractivity contribution in [3.63, 3.8) is 0 Å². The van der Waals surface area contributed by atoms with Crippen molar-refractivity contribution in [2.24, 2.45) is 5.73 Å². The molecule has 0 aromatic heterocycles. The molecule has 0 radical (unpaired) electrons. The minimum Gasteiger partial charge on any atom is -0.371 e. The summed E-state index contributed by atoms with van der Waals surface area (Å²) < 4.78 is 24.8. The molecular formula is C19H22N2O3S. The molecule has 132 valence electrons. The summed E-state index contributed by atoms with van der Waals surface area (Å²) in [5, 5.41) is 0. The van der Waals surface area contributed by atoms with Gasteiger partial charge in [-0.25, -0.2) is 8.42 Å². The second kappa shape index (κ2) is 7.27. The molecule has 0 saturated carbocycles. The molecular weight excluding hydrogens is 336 g/mol. The molecule has 2 aromatic carbocycles. The van der Waals surface area contributed by atoms with Gasteiger partial charge >= 0.3 is 0 Å². The maximum atomic E-state index is 12.4. The zero-order valence-corrected chi connectivity index (χ0v) is 14.8. The molecule has 25 heavy (non-hydrogen) atoms. The van der Waals surface area contributed by atoms with Gasteiger partial charge in [-0.3, -0.25) is 4.79 Å². The van der Waals surface area contributed by atoms with Gasteiger partial charge in [0.25, 0.3) is 0 Å². The van der Waals surface area contributed by atoms with Crippen LogP contribution in [0.15, 0.2) is 53.4 Å². The first-order valence-electron chi connectivity index (χ1n) is 8.43. The van der Waals surface area contributed by atoms with Crippen molar-refractivity contribution in [3.8, 4) is 0 Å². The predicted molar refractivity (Wildman–Crippen MR) is 98.6 cm³/mol. The molecule has 0 fully saturated rings. The Bertz CT molecular complexity index is 863. The fraction of sp³-hybridized carbons (Fsp3) is 0.316. The number of primary amides is 1. The van der Waals surface area contributed by atoms with E-state index >= 15 is 0 Å². The van der Waals surface area contributed by atoms with Crippen LogP contribution < -0.4 is 10.6 Å². The van der Waals surface area contributed by atoms with Crippen LogP contribution in [0.4, 0.5) is 5.69 Å². The summed E-state index contributed by atoms with van der Waals surface area (Å²) in [5.74, 6) is -0.302. The molecule has 0 spiro atoms. The van der Waals surface area contributed by atoms with E-state index in [1.807, 2.05) is 12.1 Å². The highest BCUT2D eigenvalue weighted by Crippen LogP contribution is 2.30. The molecule has 5 nitrogen and oxygen atoms in total. The van der Waals surface area contributed by atoms with E-state index in [0.29, 0.717) is 23.4 Å². The van der Waals surface area contributed by atoms with Crippen LogP contribution in [0.2, 0.25) is 0 Å². The molecule has 0 unspecified atom stereocenters. The topological polar surface area (TPSA) is 80.5 Å². The lowest BCUT2D eigenvalue weighted by atomic mass is 9.96. The number of nitrogens with zero attached hydrogens (tertiary/aromatic N) is 1. The lowest BCUT2D eigenvalue weighted by Gasteiger charge is -2.32. The number of fused-ring (bicyclic) bond motifs is 1. The van der Waals surface area contributed by atoms with Crippen molar-refractivity contribution >= 4 is 21.4 Å². The van der Waals surface area contributed by atoms with Gasteiger partial charge < -0.3 is 10.6 Å². The monoisotopic (exact) mass is 358 g/mol. The van der Waals surface area contributed by atoms with Crippen molar-refractivity contribution in [1.29, 1.82) is 0 Å². The standard InChI is InChI=1S/C19H22N2O3S/c20-19(22)17-9-4-11-18-16(17)10-5-12-21(18)13-6-14-25(23,24)15-7-2-1-3-8-15/h1-4,7-9,11H,5-6,10,12-14H2,(H2,20,22). The third-order valence-corrected chi connectivity index (χ3v) is 6.37. The molecule has 0 bridgehead atoms. The normalized spacial score (nSPS) is 14.2. The summed E-state index contributed by atoms with van der Waals surface area (Å²) in [6.07, 6.45) is 2.30. The lowest BCUT2D eigenvalue weighted by Crippen LogP contribution is -2.32. The number of rotatable bonds is 6. The number of carbonyl (C=O) groups is 1. The largest absolute Gasteiger partial charge is 0.371 e. The number of benzene rings is 2. The van der Waals surface area contributed by atoms with E-state index in [1.165, 1.54) is 0 Å². The zero-order chi connectivity index (χ0) is 17.9. The Kier molecular flexibility index (Phi) is 5.08. The highest BCUT2D eigenvalue weighted by molar-refractivity contribution is 7.91. The molecule has 2 aromatic rings. The van der Waals surface area contributed by atoms with E-state index in [2.05, 4.69) is 4.90 Å². The Balaban J connectivity index is 1.70. The van der Waals surface area contributed by atoms with Gasteiger partial charge in [0.05, 0.1) is 10.6 Å². The number of sulfone groups is 1. The number of amides is 1. The maximum Gasteiger partial charge on any atom is 0.249 e. The summed E-state index contributed by atoms with van der Waals surface area (Å²) in [5.41, 5.74) is 8.02. The second-order valence-electron chi connectivity index (χ2n) is 6.24. The van der Waals surface area contributed by atoms with Gasteiger partial charge in [-0.2, -0.15) is 0 Å². The van der Waals surface area contributed by atoms with Gasteiger partial charge in [0, 0.05) is 24.3 Å². The highest BCUT2D eigenvalue weighted by Gasteiger charge is 2.22. The predicted octanol–water partition coefficient (Wildman–Crippen LogP) is 2.40. The molecule has 6 heteroatoms. The molecule has 2 N–H and O–H groups in total. The summed E-state index contributed by atoms with van der Waals surface area (Å²) in [4.78, 5) is 14.1. The Labute approximate surface area is 148 Å². The lowest BCUT2D eigenvalue weighted by molar-refractivity contribution is 0.0999. The minimum atomic E-state index is -3.26. The third-order valence-electron chi connectivity index (χ3n) is 4.56. The first kappa shape index (κ1) is 17.5. The summed E-state index contributed by atoms with van der Waals surface area (Å²) in [6, 6.07) is 14.1. The highest BCUT2D eigenvalue weighted by atomic mass is 32.2. The van der Waals surface area contributed by atoms with Gasteiger partial charge in [0.2, 0.25) is 5.91 Å².